The molecular formula is C55H34N4S. The lowest BCUT2D eigenvalue weighted by atomic mass is 9.98. The van der Waals surface area contributed by atoms with Crippen LogP contribution in [0.5, 0.6) is 0 Å². The molecule has 3 aromatic heterocycles. The molecule has 0 N–H and O–H groups in total. The molecule has 60 heavy (non-hydrogen) atoms. The van der Waals surface area contributed by atoms with E-state index in [2.05, 4.69) is 30.3 Å². The smallest absolute Gasteiger partial charge is 0.166 e. The minimum absolute atomic E-state index is 0.122. The predicted molar refractivity (Wildman–Crippen MR) is 252 cm³/mol. The minimum Gasteiger partial charge on any atom is -0.309 e. The molecule has 12 aromatic rings. The fraction of sp³-hybridized carbons (Fsp3) is 0. The maximum absolute atomic E-state index is 9.78. The van der Waals surface area contributed by atoms with E-state index >= 15 is 0 Å². The maximum atomic E-state index is 9.78. The van der Waals surface area contributed by atoms with Crippen LogP contribution in [0.4, 0.5) is 0 Å². The zero-order chi connectivity index (χ0) is 50.0. The first-order valence-electron chi connectivity index (χ1n) is 25.2. The number of nitrogens with zero attached hydrogens (tertiary/aromatic N) is 4. The van der Waals surface area contributed by atoms with E-state index in [1.165, 1.54) is 4.57 Å². The second-order valence-corrected chi connectivity index (χ2v) is 15.4. The van der Waals surface area contributed by atoms with Crippen molar-refractivity contribution in [2.45, 2.75) is 0 Å². The molecule has 0 aliphatic rings. The molecular weight excluding hydrogens is 749 g/mol. The summed E-state index contributed by atoms with van der Waals surface area (Å²) >= 11 is 1.65. The Kier molecular flexibility index (Phi) is 5.65. The van der Waals surface area contributed by atoms with Gasteiger partial charge in [-0.15, -0.1) is 11.3 Å². The van der Waals surface area contributed by atoms with Crippen molar-refractivity contribution in [3.63, 3.8) is 0 Å². The highest BCUT2D eigenvalue weighted by Crippen LogP contribution is 2.41. The van der Waals surface area contributed by atoms with Crippen molar-refractivity contribution in [1.29, 1.82) is 0 Å². The van der Waals surface area contributed by atoms with Crippen LogP contribution in [0.15, 0.2) is 206 Å². The first-order chi connectivity index (χ1) is 34.7. The summed E-state index contributed by atoms with van der Waals surface area (Å²) in [6.45, 7) is 0. The number of fused-ring (bicyclic) bond motifs is 7. The molecule has 0 amide bonds. The summed E-state index contributed by atoms with van der Waals surface area (Å²) in [6, 6.07) is 35.7. The molecule has 4 nitrogen and oxygen atoms in total. The molecule has 0 bridgehead atoms. The van der Waals surface area contributed by atoms with E-state index in [1.54, 1.807) is 17.4 Å². The molecule has 0 fully saturated rings. The summed E-state index contributed by atoms with van der Waals surface area (Å²) < 4.78 is 112. The summed E-state index contributed by atoms with van der Waals surface area (Å²) in [4.78, 5) is 15.4. The monoisotopic (exact) mass is 794 g/mol. The lowest BCUT2D eigenvalue weighted by molar-refractivity contribution is 1.07. The van der Waals surface area contributed by atoms with Gasteiger partial charge in [0.15, 0.2) is 17.5 Å². The fourth-order valence-corrected chi connectivity index (χ4v) is 9.07. The first kappa shape index (κ1) is 24.3. The number of aromatic nitrogens is 4. The van der Waals surface area contributed by atoms with Crippen LogP contribution in [0.2, 0.25) is 0 Å². The molecule has 0 aliphatic heterocycles. The molecule has 0 atom stereocenters. The van der Waals surface area contributed by atoms with Gasteiger partial charge >= 0.3 is 0 Å². The third-order valence-electron chi connectivity index (χ3n) is 10.8. The Morgan fingerprint density at radius 3 is 1.98 bits per heavy atom. The number of hydrogen-bond acceptors (Lipinski definition) is 4. The number of para-hydroxylation sites is 1. The van der Waals surface area contributed by atoms with E-state index in [0.29, 0.717) is 28.3 Å². The van der Waals surface area contributed by atoms with Gasteiger partial charge in [0.05, 0.1) is 33.2 Å². The average Bonchev–Trinajstić information content (AvgIpc) is 3.97. The third kappa shape index (κ3) is 5.78. The van der Waals surface area contributed by atoms with Crippen LogP contribution in [0.25, 0.3) is 115 Å². The number of benzene rings is 9. The maximum Gasteiger partial charge on any atom is 0.166 e. The summed E-state index contributed by atoms with van der Waals surface area (Å²) in [5, 5.41) is 3.90. The van der Waals surface area contributed by atoms with Crippen LogP contribution in [0, 0.1) is 0 Å². The Morgan fingerprint density at radius 2 is 1.08 bits per heavy atom. The van der Waals surface area contributed by atoms with Crippen molar-refractivity contribution < 1.29 is 16.4 Å². The average molecular weight is 795 g/mol. The van der Waals surface area contributed by atoms with Gasteiger partial charge in [-0.25, -0.2) is 15.0 Å². The third-order valence-corrected chi connectivity index (χ3v) is 11.9. The van der Waals surface area contributed by atoms with Crippen LogP contribution in [-0.4, -0.2) is 19.5 Å². The second kappa shape index (κ2) is 14.0. The number of rotatable bonds is 6. The van der Waals surface area contributed by atoms with Gasteiger partial charge in [-0.2, -0.15) is 0 Å². The SMILES string of the molecule is [2H]c1c([2H])c([2H])c(-c2c([2H])c([2H])c3c(c2[2H])c2c([2H])c([2H])c([2H])c([2H])c2n3-c2ccc(-c3ccc4ccccc4c3)cc2-c2nc(-c3ccccc3)nc(-c3ccc4c(c3)sc3ccccc34)n2)c([2H])c1[2H]. The van der Waals surface area contributed by atoms with Crippen LogP contribution in [0.3, 0.4) is 0 Å². The Morgan fingerprint density at radius 1 is 0.400 bits per heavy atom. The van der Waals surface area contributed by atoms with Gasteiger partial charge in [-0.05, 0) is 81.5 Å². The minimum atomic E-state index is -0.702. The van der Waals surface area contributed by atoms with Crippen LogP contribution in [0.1, 0.15) is 16.4 Å². The molecule has 280 valence electrons. The lowest BCUT2D eigenvalue weighted by Crippen LogP contribution is -2.04. The number of thiophene rings is 1. The van der Waals surface area contributed by atoms with Crippen LogP contribution >= 0.6 is 11.3 Å². The van der Waals surface area contributed by atoms with Gasteiger partial charge in [0, 0.05) is 47.6 Å². The van der Waals surface area contributed by atoms with Crippen molar-refractivity contribution in [3.8, 4) is 62.1 Å². The molecule has 9 aromatic carbocycles. The highest BCUT2D eigenvalue weighted by Gasteiger charge is 2.21. The van der Waals surface area contributed by atoms with Crippen molar-refractivity contribution in [1.82, 2.24) is 19.5 Å². The zero-order valence-corrected chi connectivity index (χ0v) is 32.2. The standard InChI is InChI=1S/C55H34N4S/c1-3-13-35(14-4-1)40-26-29-49-46(32-40)43-19-9-11-21-48(43)59(49)50-30-27-41(39-24-23-36-15-7-8-18-38(36)31-39)33-47(50)55-57-53(37-16-5-2-6-17-37)56-54(58-55)42-25-28-45-44-20-10-12-22-51(44)60-52(45)34-42/h1-34H/i1D,3D,4D,9D,11D,13D,14D,19D,21D,26D,29D,32D. The second-order valence-electron chi connectivity index (χ2n) is 14.3. The summed E-state index contributed by atoms with van der Waals surface area (Å²) in [6.07, 6.45) is 0. The summed E-state index contributed by atoms with van der Waals surface area (Å²) in [5.74, 6) is 0.851. The molecule has 0 saturated heterocycles. The quantitative estimate of drug-likeness (QED) is 0.168. The topological polar surface area (TPSA) is 43.6 Å². The van der Waals surface area contributed by atoms with Gasteiger partial charge in [0.2, 0.25) is 0 Å². The molecule has 12 rings (SSSR count). The Bertz CT molecular complexity index is 4300. The van der Waals surface area contributed by atoms with E-state index in [9.17, 15) is 6.85 Å². The molecule has 0 aliphatic carbocycles. The van der Waals surface area contributed by atoms with E-state index < -0.39 is 83.6 Å². The van der Waals surface area contributed by atoms with E-state index in [0.717, 1.165) is 42.1 Å². The molecule has 0 spiro atoms. The van der Waals surface area contributed by atoms with Gasteiger partial charge in [0.25, 0.3) is 0 Å². The predicted octanol–water partition coefficient (Wildman–Crippen LogP) is 14.8. The highest BCUT2D eigenvalue weighted by molar-refractivity contribution is 7.25. The fourth-order valence-electron chi connectivity index (χ4n) is 7.92. The van der Waals surface area contributed by atoms with Gasteiger partial charge in [0.1, 0.15) is 0 Å². The molecule has 5 heteroatoms. The normalized spacial score (nSPS) is 14.5. The Labute approximate surface area is 367 Å². The van der Waals surface area contributed by atoms with Crippen molar-refractivity contribution in [2.75, 3.05) is 0 Å². The molecule has 0 saturated carbocycles. The van der Waals surface area contributed by atoms with Gasteiger partial charge < -0.3 is 4.57 Å². The number of hydrogen-bond donors (Lipinski definition) is 0. The highest BCUT2D eigenvalue weighted by atomic mass is 32.1. The van der Waals surface area contributed by atoms with Crippen LogP contribution < -0.4 is 0 Å². The van der Waals surface area contributed by atoms with Crippen molar-refractivity contribution >= 4 is 64.1 Å². The zero-order valence-electron chi connectivity index (χ0n) is 43.4. The van der Waals surface area contributed by atoms with E-state index in [1.807, 2.05) is 97.1 Å². The van der Waals surface area contributed by atoms with E-state index in [4.69, 9.17) is 24.5 Å². The molecule has 0 radical (unpaired) electrons. The van der Waals surface area contributed by atoms with Crippen molar-refractivity contribution in [3.05, 3.63) is 206 Å². The Balaban J connectivity index is 1.21. The lowest BCUT2D eigenvalue weighted by Gasteiger charge is -2.16. The largest absolute Gasteiger partial charge is 0.309 e. The Hall–Kier alpha value is -7.73. The van der Waals surface area contributed by atoms with Crippen LogP contribution in [-0.2, 0) is 0 Å². The van der Waals surface area contributed by atoms with Gasteiger partial charge in [-0.3, -0.25) is 0 Å². The molecule has 3 heterocycles. The summed E-state index contributed by atoms with van der Waals surface area (Å²) in [5.41, 5.74) is 2.36. The first-order valence-corrected chi connectivity index (χ1v) is 20.0. The molecule has 0 unspecified atom stereocenters. The van der Waals surface area contributed by atoms with Gasteiger partial charge in [-0.1, -0.05) is 158 Å². The summed E-state index contributed by atoms with van der Waals surface area (Å²) in [7, 11) is 0. The van der Waals surface area contributed by atoms with E-state index in [-0.39, 0.29) is 33.3 Å². The van der Waals surface area contributed by atoms with Crippen molar-refractivity contribution in [2.24, 2.45) is 0 Å².